The summed E-state index contributed by atoms with van der Waals surface area (Å²) in [5, 5.41) is 13.7. The second-order valence-electron chi connectivity index (χ2n) is 4.66. The Morgan fingerprint density at radius 3 is 2.70 bits per heavy atom. The number of likely N-dealkylation sites (N-methyl/N-ethyl adjacent to an activating group) is 1. The monoisotopic (exact) mass is 353 g/mol. The van der Waals surface area contributed by atoms with Crippen molar-refractivity contribution in [2.24, 2.45) is 0 Å². The highest BCUT2D eigenvalue weighted by molar-refractivity contribution is 9.10. The summed E-state index contributed by atoms with van der Waals surface area (Å²) in [5.74, 6) is 0.301. The number of benzene rings is 2. The average molecular weight is 355 g/mol. The van der Waals surface area contributed by atoms with Gasteiger partial charge in [0.05, 0.1) is 5.02 Å². The van der Waals surface area contributed by atoms with Gasteiger partial charge in [-0.1, -0.05) is 36.7 Å². The predicted molar refractivity (Wildman–Crippen MR) is 87.4 cm³/mol. The lowest BCUT2D eigenvalue weighted by Gasteiger charge is -2.19. The van der Waals surface area contributed by atoms with E-state index in [1.807, 2.05) is 30.3 Å². The minimum atomic E-state index is 0.190. The maximum absolute atomic E-state index is 9.56. The van der Waals surface area contributed by atoms with Crippen molar-refractivity contribution in [1.82, 2.24) is 5.32 Å². The molecule has 0 amide bonds. The fourth-order valence-electron chi connectivity index (χ4n) is 2.20. The fourth-order valence-corrected chi connectivity index (χ4v) is 2.72. The number of halogens is 2. The van der Waals surface area contributed by atoms with Gasteiger partial charge >= 0.3 is 0 Å². The van der Waals surface area contributed by atoms with Gasteiger partial charge in [-0.3, -0.25) is 0 Å². The molecule has 0 spiro atoms. The third-order valence-corrected chi connectivity index (χ3v) is 4.36. The molecule has 20 heavy (non-hydrogen) atoms. The predicted octanol–water partition coefficient (Wildman–Crippen LogP) is 4.70. The van der Waals surface area contributed by atoms with Crippen LogP contribution >= 0.6 is 27.5 Å². The summed E-state index contributed by atoms with van der Waals surface area (Å²) < 4.78 is 0.899. The van der Waals surface area contributed by atoms with Crippen LogP contribution in [0.2, 0.25) is 5.02 Å². The van der Waals surface area contributed by atoms with Gasteiger partial charge in [0.15, 0.2) is 0 Å². The molecule has 2 aromatic carbocycles. The molecule has 106 valence electrons. The van der Waals surface area contributed by atoms with Crippen LogP contribution in [0.1, 0.15) is 24.1 Å². The maximum Gasteiger partial charge on any atom is 0.115 e. The molecule has 0 saturated carbocycles. The number of hydrogen-bond donors (Lipinski definition) is 2. The van der Waals surface area contributed by atoms with E-state index in [0.717, 1.165) is 23.0 Å². The zero-order chi connectivity index (χ0) is 14.5. The molecule has 2 N–H and O–H groups in total. The number of phenols is 1. The summed E-state index contributed by atoms with van der Waals surface area (Å²) in [6.45, 7) is 2.96. The standard InChI is InChI=1S/C16H17BrClNO/c1-2-19-16(9-11-4-3-5-13(20)8-11)12-6-7-15(18)14(17)10-12/h3-8,10,16,19-20H,2,9H2,1H3. The van der Waals surface area contributed by atoms with E-state index in [2.05, 4.69) is 28.2 Å². The molecule has 0 aliphatic heterocycles. The Morgan fingerprint density at radius 2 is 2.05 bits per heavy atom. The Kier molecular flexibility index (Phi) is 5.46. The van der Waals surface area contributed by atoms with Gasteiger partial charge in [0, 0.05) is 10.5 Å². The first-order valence-corrected chi connectivity index (χ1v) is 7.73. The lowest BCUT2D eigenvalue weighted by molar-refractivity contribution is 0.473. The van der Waals surface area contributed by atoms with Crippen LogP contribution in [0.15, 0.2) is 46.9 Å². The minimum Gasteiger partial charge on any atom is -0.508 e. The topological polar surface area (TPSA) is 32.3 Å². The molecule has 1 atom stereocenters. The second-order valence-corrected chi connectivity index (χ2v) is 5.92. The van der Waals surface area contributed by atoms with Crippen LogP contribution in [0.3, 0.4) is 0 Å². The molecular weight excluding hydrogens is 338 g/mol. The normalized spacial score (nSPS) is 12.3. The van der Waals surface area contributed by atoms with Gasteiger partial charge in [-0.2, -0.15) is 0 Å². The van der Waals surface area contributed by atoms with E-state index in [1.165, 1.54) is 5.56 Å². The molecule has 1 unspecified atom stereocenters. The summed E-state index contributed by atoms with van der Waals surface area (Å²) in [4.78, 5) is 0. The summed E-state index contributed by atoms with van der Waals surface area (Å²) in [6.07, 6.45) is 0.816. The van der Waals surface area contributed by atoms with E-state index in [4.69, 9.17) is 11.6 Å². The summed E-state index contributed by atoms with van der Waals surface area (Å²) in [6, 6.07) is 13.5. The van der Waals surface area contributed by atoms with Crippen LogP contribution in [-0.4, -0.2) is 11.7 Å². The van der Waals surface area contributed by atoms with Gasteiger partial charge in [-0.25, -0.2) is 0 Å². The number of hydrogen-bond acceptors (Lipinski definition) is 2. The molecule has 0 aliphatic rings. The first-order chi connectivity index (χ1) is 9.60. The van der Waals surface area contributed by atoms with E-state index in [1.54, 1.807) is 12.1 Å². The van der Waals surface area contributed by atoms with Crippen molar-refractivity contribution < 1.29 is 5.11 Å². The van der Waals surface area contributed by atoms with Crippen LogP contribution in [0.25, 0.3) is 0 Å². The third kappa shape index (κ3) is 3.98. The van der Waals surface area contributed by atoms with Gasteiger partial charge < -0.3 is 10.4 Å². The molecule has 2 aromatic rings. The van der Waals surface area contributed by atoms with Crippen molar-refractivity contribution in [3.63, 3.8) is 0 Å². The molecule has 0 aliphatic carbocycles. The lowest BCUT2D eigenvalue weighted by Crippen LogP contribution is -2.23. The number of aromatic hydroxyl groups is 1. The van der Waals surface area contributed by atoms with Gasteiger partial charge in [-0.05, 0) is 64.3 Å². The highest BCUT2D eigenvalue weighted by Crippen LogP contribution is 2.28. The van der Waals surface area contributed by atoms with E-state index in [9.17, 15) is 5.11 Å². The molecule has 0 radical (unpaired) electrons. The smallest absolute Gasteiger partial charge is 0.115 e. The van der Waals surface area contributed by atoms with Crippen LogP contribution in [0.5, 0.6) is 5.75 Å². The second kappa shape index (κ2) is 7.11. The quantitative estimate of drug-likeness (QED) is 0.815. The van der Waals surface area contributed by atoms with Gasteiger partial charge in [0.1, 0.15) is 5.75 Å². The fraction of sp³-hybridized carbons (Fsp3) is 0.250. The minimum absolute atomic E-state index is 0.190. The van der Waals surface area contributed by atoms with Crippen molar-refractivity contribution >= 4 is 27.5 Å². The lowest BCUT2D eigenvalue weighted by atomic mass is 9.98. The molecule has 0 heterocycles. The van der Waals surface area contributed by atoms with E-state index >= 15 is 0 Å². The molecule has 0 aromatic heterocycles. The third-order valence-electron chi connectivity index (χ3n) is 3.15. The first kappa shape index (κ1) is 15.4. The van der Waals surface area contributed by atoms with Crippen LogP contribution in [0.4, 0.5) is 0 Å². The summed E-state index contributed by atoms with van der Waals surface area (Å²) in [5.41, 5.74) is 2.27. The Balaban J connectivity index is 2.24. The van der Waals surface area contributed by atoms with E-state index in [0.29, 0.717) is 10.8 Å². The van der Waals surface area contributed by atoms with Crippen molar-refractivity contribution in [1.29, 1.82) is 0 Å². The van der Waals surface area contributed by atoms with Crippen molar-refractivity contribution in [2.75, 3.05) is 6.54 Å². The Labute approximate surface area is 132 Å². The number of nitrogens with one attached hydrogen (secondary N) is 1. The van der Waals surface area contributed by atoms with Crippen molar-refractivity contribution in [3.8, 4) is 5.75 Å². The molecule has 0 saturated heterocycles. The largest absolute Gasteiger partial charge is 0.508 e. The van der Waals surface area contributed by atoms with Gasteiger partial charge in [-0.15, -0.1) is 0 Å². The highest BCUT2D eigenvalue weighted by atomic mass is 79.9. The van der Waals surface area contributed by atoms with Gasteiger partial charge in [0.25, 0.3) is 0 Å². The van der Waals surface area contributed by atoms with Crippen LogP contribution in [0, 0.1) is 0 Å². The van der Waals surface area contributed by atoms with Crippen molar-refractivity contribution in [3.05, 3.63) is 63.1 Å². The van der Waals surface area contributed by atoms with E-state index in [-0.39, 0.29) is 6.04 Å². The maximum atomic E-state index is 9.56. The van der Waals surface area contributed by atoms with Crippen LogP contribution in [-0.2, 0) is 6.42 Å². The van der Waals surface area contributed by atoms with Crippen LogP contribution < -0.4 is 5.32 Å². The Hall–Kier alpha value is -1.03. The first-order valence-electron chi connectivity index (χ1n) is 6.56. The molecule has 2 rings (SSSR count). The highest BCUT2D eigenvalue weighted by Gasteiger charge is 2.12. The Morgan fingerprint density at radius 1 is 1.25 bits per heavy atom. The average Bonchev–Trinajstić information content (AvgIpc) is 2.41. The molecule has 2 nitrogen and oxygen atoms in total. The number of rotatable bonds is 5. The zero-order valence-corrected chi connectivity index (χ0v) is 13.6. The number of phenolic OH excluding ortho intramolecular Hbond substituents is 1. The molecule has 0 fully saturated rings. The summed E-state index contributed by atoms with van der Waals surface area (Å²) in [7, 11) is 0. The molecule has 0 bridgehead atoms. The molecule has 4 heteroatoms. The molecular formula is C16H17BrClNO. The Bertz CT molecular complexity index is 588. The van der Waals surface area contributed by atoms with Gasteiger partial charge in [0.2, 0.25) is 0 Å². The summed E-state index contributed by atoms with van der Waals surface area (Å²) >= 11 is 9.51. The SMILES string of the molecule is CCNC(Cc1cccc(O)c1)c1ccc(Cl)c(Br)c1. The van der Waals surface area contributed by atoms with Crippen molar-refractivity contribution in [2.45, 2.75) is 19.4 Å². The zero-order valence-electron chi connectivity index (χ0n) is 11.2. The van der Waals surface area contributed by atoms with E-state index < -0.39 is 0 Å².